The molecule has 0 aromatic heterocycles. The summed E-state index contributed by atoms with van der Waals surface area (Å²) in [5, 5.41) is 3.56. The summed E-state index contributed by atoms with van der Waals surface area (Å²) < 4.78 is 0. The minimum Gasteiger partial charge on any atom is -0.315 e. The molecule has 3 unspecified atom stereocenters. The Morgan fingerprint density at radius 1 is 1.06 bits per heavy atom. The molecule has 0 spiro atoms. The van der Waals surface area contributed by atoms with E-state index in [4.69, 9.17) is 0 Å². The Balaban J connectivity index is 1.62. The van der Waals surface area contributed by atoms with Gasteiger partial charge in [-0.05, 0) is 52.2 Å². The highest BCUT2D eigenvalue weighted by atomic mass is 15.3. The molecule has 0 amide bonds. The first-order chi connectivity index (χ1) is 8.36. The average Bonchev–Trinajstić information content (AvgIpc) is 2.83. The molecule has 3 saturated heterocycles. The van der Waals surface area contributed by atoms with Crippen molar-refractivity contribution in [1.29, 1.82) is 0 Å². The maximum atomic E-state index is 3.56. The van der Waals surface area contributed by atoms with Crippen LogP contribution in [0.2, 0.25) is 0 Å². The third kappa shape index (κ3) is 2.38. The lowest BCUT2D eigenvalue weighted by Crippen LogP contribution is -2.53. The van der Waals surface area contributed by atoms with Crippen LogP contribution in [-0.4, -0.2) is 61.2 Å². The molecule has 3 rings (SSSR count). The number of fused-ring (bicyclic) bond motifs is 1. The molecule has 3 aliphatic rings. The Kier molecular flexibility index (Phi) is 3.69. The van der Waals surface area contributed by atoms with Gasteiger partial charge in [0.2, 0.25) is 0 Å². The number of piperidine rings is 2. The zero-order valence-electron chi connectivity index (χ0n) is 11.2. The summed E-state index contributed by atoms with van der Waals surface area (Å²) in [6.07, 6.45) is 8.47. The van der Waals surface area contributed by atoms with Gasteiger partial charge in [-0.15, -0.1) is 0 Å². The van der Waals surface area contributed by atoms with Crippen LogP contribution in [0.4, 0.5) is 0 Å². The summed E-state index contributed by atoms with van der Waals surface area (Å²) in [5.41, 5.74) is 0. The van der Waals surface area contributed by atoms with E-state index in [1.54, 1.807) is 0 Å². The van der Waals surface area contributed by atoms with E-state index < -0.39 is 0 Å². The topological polar surface area (TPSA) is 18.5 Å². The van der Waals surface area contributed by atoms with Crippen molar-refractivity contribution >= 4 is 0 Å². The van der Waals surface area contributed by atoms with Gasteiger partial charge >= 0.3 is 0 Å². The van der Waals surface area contributed by atoms with Crippen LogP contribution >= 0.6 is 0 Å². The van der Waals surface area contributed by atoms with Gasteiger partial charge in [0, 0.05) is 31.2 Å². The molecule has 3 nitrogen and oxygen atoms in total. The number of rotatable bonds is 2. The summed E-state index contributed by atoms with van der Waals surface area (Å²) in [6.45, 7) is 5.14. The lowest BCUT2D eigenvalue weighted by atomic mass is 9.95. The summed E-state index contributed by atoms with van der Waals surface area (Å²) in [4.78, 5) is 5.46. The average molecular weight is 237 g/mol. The molecule has 98 valence electrons. The molecule has 0 aromatic carbocycles. The normalized spacial score (nSPS) is 39.5. The number of nitrogens with zero attached hydrogens (tertiary/aromatic N) is 2. The van der Waals surface area contributed by atoms with Gasteiger partial charge in [-0.1, -0.05) is 6.42 Å². The Morgan fingerprint density at radius 2 is 2.00 bits per heavy atom. The fourth-order valence-electron chi connectivity index (χ4n) is 4.15. The van der Waals surface area contributed by atoms with Crippen molar-refractivity contribution in [3.63, 3.8) is 0 Å². The van der Waals surface area contributed by atoms with E-state index in [1.807, 2.05) is 0 Å². The summed E-state index contributed by atoms with van der Waals surface area (Å²) in [6, 6.07) is 2.49. The molecule has 0 aliphatic carbocycles. The minimum atomic E-state index is 0.788. The van der Waals surface area contributed by atoms with E-state index in [-0.39, 0.29) is 0 Å². The van der Waals surface area contributed by atoms with E-state index in [0.29, 0.717) is 0 Å². The van der Waals surface area contributed by atoms with Gasteiger partial charge in [-0.2, -0.15) is 0 Å². The smallest absolute Gasteiger partial charge is 0.0264 e. The van der Waals surface area contributed by atoms with Gasteiger partial charge in [0.1, 0.15) is 0 Å². The second kappa shape index (κ2) is 5.25. The lowest BCUT2D eigenvalue weighted by Gasteiger charge is -2.41. The highest BCUT2D eigenvalue weighted by molar-refractivity contribution is 4.96. The molecule has 3 fully saturated rings. The number of nitrogens with one attached hydrogen (secondary N) is 1. The third-order valence-electron chi connectivity index (χ3n) is 5.19. The van der Waals surface area contributed by atoms with Crippen LogP contribution in [0.3, 0.4) is 0 Å². The Labute approximate surface area is 106 Å². The van der Waals surface area contributed by atoms with Crippen molar-refractivity contribution in [3.05, 3.63) is 0 Å². The van der Waals surface area contributed by atoms with E-state index >= 15 is 0 Å². The predicted octanol–water partition coefficient (Wildman–Crippen LogP) is 1.30. The van der Waals surface area contributed by atoms with Gasteiger partial charge in [0.15, 0.2) is 0 Å². The molecule has 0 saturated carbocycles. The van der Waals surface area contributed by atoms with Crippen LogP contribution in [0.1, 0.15) is 38.5 Å². The summed E-state index contributed by atoms with van der Waals surface area (Å²) in [5.74, 6) is 0. The lowest BCUT2D eigenvalue weighted by molar-refractivity contribution is 0.0920. The van der Waals surface area contributed by atoms with Crippen molar-refractivity contribution < 1.29 is 0 Å². The Bertz CT molecular complexity index is 250. The van der Waals surface area contributed by atoms with Crippen LogP contribution in [0.25, 0.3) is 0 Å². The van der Waals surface area contributed by atoms with Crippen molar-refractivity contribution in [2.24, 2.45) is 0 Å². The number of hydrogen-bond acceptors (Lipinski definition) is 3. The molecule has 3 heteroatoms. The monoisotopic (exact) mass is 237 g/mol. The molecule has 3 heterocycles. The van der Waals surface area contributed by atoms with Crippen LogP contribution in [-0.2, 0) is 0 Å². The molecule has 1 N–H and O–H groups in total. The predicted molar refractivity (Wildman–Crippen MR) is 71.3 cm³/mol. The largest absolute Gasteiger partial charge is 0.315 e. The zero-order valence-corrected chi connectivity index (χ0v) is 11.2. The molecule has 0 aromatic rings. The van der Waals surface area contributed by atoms with E-state index in [0.717, 1.165) is 18.1 Å². The molecule has 17 heavy (non-hydrogen) atoms. The molecule has 3 aliphatic heterocycles. The van der Waals surface area contributed by atoms with Crippen LogP contribution in [0.5, 0.6) is 0 Å². The SMILES string of the molecule is CN(C1CCCNC1)C1CCN2CCCCC12. The number of hydrogen-bond donors (Lipinski definition) is 1. The van der Waals surface area contributed by atoms with Crippen molar-refractivity contribution in [2.45, 2.75) is 56.7 Å². The van der Waals surface area contributed by atoms with Crippen LogP contribution < -0.4 is 5.32 Å². The zero-order chi connectivity index (χ0) is 11.7. The van der Waals surface area contributed by atoms with E-state index in [9.17, 15) is 0 Å². The quantitative estimate of drug-likeness (QED) is 0.781. The van der Waals surface area contributed by atoms with Gasteiger partial charge < -0.3 is 5.32 Å². The highest BCUT2D eigenvalue weighted by Gasteiger charge is 2.39. The summed E-state index contributed by atoms with van der Waals surface area (Å²) in [7, 11) is 2.38. The van der Waals surface area contributed by atoms with Crippen molar-refractivity contribution in [1.82, 2.24) is 15.1 Å². The maximum Gasteiger partial charge on any atom is 0.0264 e. The number of likely N-dealkylation sites (N-methyl/N-ethyl adjacent to an activating group) is 1. The molecular weight excluding hydrogens is 210 g/mol. The van der Waals surface area contributed by atoms with E-state index in [2.05, 4.69) is 22.2 Å². The minimum absolute atomic E-state index is 0.788. The van der Waals surface area contributed by atoms with Crippen molar-refractivity contribution in [3.8, 4) is 0 Å². The van der Waals surface area contributed by atoms with Gasteiger partial charge in [-0.25, -0.2) is 0 Å². The van der Waals surface area contributed by atoms with Crippen LogP contribution in [0, 0.1) is 0 Å². The van der Waals surface area contributed by atoms with Gasteiger partial charge in [0.05, 0.1) is 0 Å². The fourth-order valence-corrected chi connectivity index (χ4v) is 4.15. The van der Waals surface area contributed by atoms with Crippen molar-refractivity contribution in [2.75, 3.05) is 33.2 Å². The molecular formula is C14H27N3. The first-order valence-electron chi connectivity index (χ1n) is 7.53. The second-order valence-corrected chi connectivity index (χ2v) is 6.12. The molecule has 3 atom stereocenters. The molecule has 0 bridgehead atoms. The van der Waals surface area contributed by atoms with Gasteiger partial charge in [0.25, 0.3) is 0 Å². The second-order valence-electron chi connectivity index (χ2n) is 6.12. The first-order valence-corrected chi connectivity index (χ1v) is 7.53. The summed E-state index contributed by atoms with van der Waals surface area (Å²) >= 11 is 0. The Hall–Kier alpha value is -0.120. The first kappa shape index (κ1) is 11.9. The highest BCUT2D eigenvalue weighted by Crippen LogP contribution is 2.31. The van der Waals surface area contributed by atoms with Crippen LogP contribution in [0.15, 0.2) is 0 Å². The van der Waals surface area contributed by atoms with Gasteiger partial charge in [-0.3, -0.25) is 9.80 Å². The fraction of sp³-hybridized carbons (Fsp3) is 1.00. The standard InChI is InChI=1S/C14H27N3/c1-16(12-5-4-8-15-11-12)13-7-10-17-9-3-2-6-14(13)17/h12-15H,2-11H2,1H3. The van der Waals surface area contributed by atoms with E-state index in [1.165, 1.54) is 64.7 Å². The Morgan fingerprint density at radius 3 is 2.82 bits per heavy atom. The third-order valence-corrected chi connectivity index (χ3v) is 5.19. The maximum absolute atomic E-state index is 3.56. The molecule has 0 radical (unpaired) electrons.